The number of ether oxygens (including phenoxy) is 2. The molecule has 1 aliphatic heterocycles. The zero-order chi connectivity index (χ0) is 21.7. The number of aromatic hydroxyl groups is 1. The van der Waals surface area contributed by atoms with E-state index in [2.05, 4.69) is 15.1 Å². The Morgan fingerprint density at radius 2 is 1.97 bits per heavy atom. The van der Waals surface area contributed by atoms with Crippen molar-refractivity contribution < 1.29 is 14.6 Å². The SMILES string of the molecule is COc1ccccc1[C@H]1c2ccc(O)cc2Oc2ncn3nc(-c4cccnc4)nc3c21. The van der Waals surface area contributed by atoms with Crippen LogP contribution in [-0.2, 0) is 0 Å². The molecular formula is C24H17N5O3. The van der Waals surface area contributed by atoms with Crippen LogP contribution in [0.25, 0.3) is 17.0 Å². The maximum Gasteiger partial charge on any atom is 0.228 e. The second-order valence-electron chi connectivity index (χ2n) is 7.41. The Balaban J connectivity index is 1.65. The molecule has 6 rings (SSSR count). The molecule has 0 aliphatic carbocycles. The first-order valence-corrected chi connectivity index (χ1v) is 10.0. The molecule has 0 saturated carbocycles. The van der Waals surface area contributed by atoms with E-state index in [4.69, 9.17) is 14.5 Å². The van der Waals surface area contributed by atoms with Gasteiger partial charge < -0.3 is 14.6 Å². The number of para-hydroxylation sites is 1. The van der Waals surface area contributed by atoms with E-state index in [0.29, 0.717) is 23.1 Å². The first-order chi connectivity index (χ1) is 15.7. The van der Waals surface area contributed by atoms with Crippen molar-refractivity contribution >= 4 is 5.65 Å². The molecule has 2 aromatic carbocycles. The monoisotopic (exact) mass is 423 g/mol. The molecule has 0 bridgehead atoms. The quantitative estimate of drug-likeness (QED) is 0.456. The number of aromatic nitrogens is 5. The first-order valence-electron chi connectivity index (χ1n) is 10.0. The number of nitrogens with zero attached hydrogens (tertiary/aromatic N) is 5. The van der Waals surface area contributed by atoms with Gasteiger partial charge in [0, 0.05) is 35.2 Å². The van der Waals surface area contributed by atoms with Crippen molar-refractivity contribution in [2.24, 2.45) is 0 Å². The van der Waals surface area contributed by atoms with Gasteiger partial charge in [-0.2, -0.15) is 0 Å². The Morgan fingerprint density at radius 3 is 2.81 bits per heavy atom. The van der Waals surface area contributed by atoms with Crippen molar-refractivity contribution in [2.45, 2.75) is 5.92 Å². The summed E-state index contributed by atoms with van der Waals surface area (Å²) in [5, 5.41) is 14.6. The molecule has 1 aliphatic rings. The highest BCUT2D eigenvalue weighted by molar-refractivity contribution is 5.69. The van der Waals surface area contributed by atoms with Gasteiger partial charge in [0.05, 0.1) is 18.6 Å². The van der Waals surface area contributed by atoms with Crippen molar-refractivity contribution in [3.05, 3.63) is 90.0 Å². The van der Waals surface area contributed by atoms with Gasteiger partial charge in [0.1, 0.15) is 23.6 Å². The van der Waals surface area contributed by atoms with Crippen LogP contribution in [0.3, 0.4) is 0 Å². The molecule has 0 spiro atoms. The minimum atomic E-state index is -0.285. The zero-order valence-electron chi connectivity index (χ0n) is 17.0. The molecule has 4 heterocycles. The molecule has 0 unspecified atom stereocenters. The lowest BCUT2D eigenvalue weighted by Crippen LogP contribution is -2.15. The van der Waals surface area contributed by atoms with Gasteiger partial charge >= 0.3 is 0 Å². The molecule has 0 saturated heterocycles. The highest BCUT2D eigenvalue weighted by Gasteiger charge is 2.35. The summed E-state index contributed by atoms with van der Waals surface area (Å²) in [6.07, 6.45) is 5.01. The fourth-order valence-electron chi connectivity index (χ4n) is 4.15. The Bertz CT molecular complexity index is 1470. The number of methoxy groups -OCH3 is 1. The summed E-state index contributed by atoms with van der Waals surface area (Å²) < 4.78 is 13.4. The van der Waals surface area contributed by atoms with E-state index >= 15 is 0 Å². The summed E-state index contributed by atoms with van der Waals surface area (Å²) in [5.74, 6) is 2.07. The van der Waals surface area contributed by atoms with Gasteiger partial charge in [-0.3, -0.25) is 4.98 Å². The van der Waals surface area contributed by atoms with Crippen LogP contribution in [0.2, 0.25) is 0 Å². The topological polar surface area (TPSA) is 94.7 Å². The molecular weight excluding hydrogens is 406 g/mol. The van der Waals surface area contributed by atoms with Crippen LogP contribution >= 0.6 is 0 Å². The molecule has 8 heteroatoms. The number of pyridine rings is 1. The van der Waals surface area contributed by atoms with Crippen molar-refractivity contribution in [2.75, 3.05) is 7.11 Å². The summed E-state index contributed by atoms with van der Waals surface area (Å²) in [4.78, 5) is 13.5. The van der Waals surface area contributed by atoms with E-state index in [9.17, 15) is 5.11 Å². The predicted octanol–water partition coefficient (Wildman–Crippen LogP) is 4.19. The summed E-state index contributed by atoms with van der Waals surface area (Å²) >= 11 is 0. The van der Waals surface area contributed by atoms with Crippen LogP contribution in [0.4, 0.5) is 0 Å². The molecule has 8 nitrogen and oxygen atoms in total. The van der Waals surface area contributed by atoms with E-state index in [0.717, 1.165) is 28.0 Å². The highest BCUT2D eigenvalue weighted by atomic mass is 16.5. The Labute approximate surface area is 182 Å². The molecule has 3 aromatic heterocycles. The van der Waals surface area contributed by atoms with Gasteiger partial charge in [0.2, 0.25) is 5.88 Å². The van der Waals surface area contributed by atoms with Gasteiger partial charge in [0.15, 0.2) is 11.5 Å². The minimum Gasteiger partial charge on any atom is -0.508 e. The Morgan fingerprint density at radius 1 is 1.06 bits per heavy atom. The number of phenolic OH excluding ortho intramolecular Hbond substituents is 1. The maximum atomic E-state index is 10.0. The van der Waals surface area contributed by atoms with E-state index in [1.54, 1.807) is 42.5 Å². The molecule has 32 heavy (non-hydrogen) atoms. The lowest BCUT2D eigenvalue weighted by Gasteiger charge is -2.28. The standard InChI is InChI=1S/C24H17N5O3/c1-31-18-7-3-2-6-16(18)20-17-9-8-15(30)11-19(17)32-24-21(20)23-27-22(28-29(23)13-26-24)14-5-4-10-25-12-14/h2-13,20,30H,1H3/t20-/m0/s1. The summed E-state index contributed by atoms with van der Waals surface area (Å²) in [6.45, 7) is 0. The third-order valence-electron chi connectivity index (χ3n) is 5.56. The Hall–Kier alpha value is -4.46. The van der Waals surface area contributed by atoms with Crippen LogP contribution in [0.15, 0.2) is 73.3 Å². The molecule has 1 atom stereocenters. The number of fused-ring (bicyclic) bond motifs is 4. The van der Waals surface area contributed by atoms with Crippen LogP contribution in [0.1, 0.15) is 22.6 Å². The molecule has 0 fully saturated rings. The van der Waals surface area contributed by atoms with Crippen LogP contribution in [0, 0.1) is 0 Å². The summed E-state index contributed by atoms with van der Waals surface area (Å²) in [6, 6.07) is 16.7. The fourth-order valence-corrected chi connectivity index (χ4v) is 4.15. The number of phenols is 1. The first kappa shape index (κ1) is 18.3. The number of rotatable bonds is 3. The fraction of sp³-hybridized carbons (Fsp3) is 0.0833. The predicted molar refractivity (Wildman–Crippen MR) is 116 cm³/mol. The Kier molecular flexibility index (Phi) is 4.04. The van der Waals surface area contributed by atoms with Gasteiger partial charge in [-0.05, 0) is 24.3 Å². The second-order valence-corrected chi connectivity index (χ2v) is 7.41. The largest absolute Gasteiger partial charge is 0.508 e. The number of benzene rings is 2. The van der Waals surface area contributed by atoms with Crippen LogP contribution in [-0.4, -0.2) is 36.8 Å². The molecule has 0 radical (unpaired) electrons. The van der Waals surface area contributed by atoms with Crippen LogP contribution < -0.4 is 9.47 Å². The summed E-state index contributed by atoms with van der Waals surface area (Å²) in [7, 11) is 1.65. The third kappa shape index (κ3) is 2.77. The lowest BCUT2D eigenvalue weighted by molar-refractivity contribution is 0.401. The molecule has 0 amide bonds. The molecule has 5 aromatic rings. The van der Waals surface area contributed by atoms with Gasteiger partial charge in [-0.1, -0.05) is 24.3 Å². The second kappa shape index (κ2) is 7.05. The normalized spacial score (nSPS) is 14.5. The summed E-state index contributed by atoms with van der Waals surface area (Å²) in [5.41, 5.74) is 4.02. The van der Waals surface area contributed by atoms with E-state index < -0.39 is 0 Å². The van der Waals surface area contributed by atoms with Gasteiger partial charge in [-0.25, -0.2) is 14.5 Å². The van der Waals surface area contributed by atoms with Crippen molar-refractivity contribution in [1.29, 1.82) is 0 Å². The average molecular weight is 423 g/mol. The molecule has 156 valence electrons. The van der Waals surface area contributed by atoms with E-state index in [1.165, 1.54) is 0 Å². The van der Waals surface area contributed by atoms with Gasteiger partial charge in [-0.15, -0.1) is 5.10 Å². The van der Waals surface area contributed by atoms with Crippen molar-refractivity contribution in [3.63, 3.8) is 0 Å². The maximum absolute atomic E-state index is 10.0. The molecule has 1 N–H and O–H groups in total. The average Bonchev–Trinajstić information content (AvgIpc) is 3.28. The van der Waals surface area contributed by atoms with Crippen molar-refractivity contribution in [1.82, 2.24) is 24.6 Å². The van der Waals surface area contributed by atoms with E-state index in [-0.39, 0.29) is 11.7 Å². The highest BCUT2D eigenvalue weighted by Crippen LogP contribution is 2.50. The van der Waals surface area contributed by atoms with E-state index in [1.807, 2.05) is 42.5 Å². The smallest absolute Gasteiger partial charge is 0.228 e. The van der Waals surface area contributed by atoms with Gasteiger partial charge in [0.25, 0.3) is 0 Å². The zero-order valence-corrected chi connectivity index (χ0v) is 17.0. The number of hydrogen-bond donors (Lipinski definition) is 1. The minimum absolute atomic E-state index is 0.119. The van der Waals surface area contributed by atoms with Crippen LogP contribution in [0.5, 0.6) is 23.1 Å². The van der Waals surface area contributed by atoms with Crippen molar-refractivity contribution in [3.8, 4) is 34.5 Å². The third-order valence-corrected chi connectivity index (χ3v) is 5.56. The lowest BCUT2D eigenvalue weighted by atomic mass is 9.83. The number of hydrogen-bond acceptors (Lipinski definition) is 7.